The molecule has 3 heterocycles. The molecule has 0 spiro atoms. The molecule has 3 aliphatic rings. The zero-order valence-electron chi connectivity index (χ0n) is 17.4. The standard InChI is InChI=1S/C24H32N4O/c1-3-7-19(8-4-1)17-27-12-11-22-21(18-27)24(28-13-15-29-16-14-28)26-23(25-22)20-9-5-2-6-10-20/h2,5-6,9-10,19H,1,3-4,7-8,11-18H2. The van der Waals surface area contributed by atoms with Crippen LogP contribution < -0.4 is 4.90 Å². The summed E-state index contributed by atoms with van der Waals surface area (Å²) in [7, 11) is 0. The Kier molecular flexibility index (Phi) is 5.77. The Hall–Kier alpha value is -1.98. The lowest BCUT2D eigenvalue weighted by Crippen LogP contribution is -2.40. The Balaban J connectivity index is 1.44. The SMILES string of the molecule is c1ccc(-c2nc3c(c(N4CCOCC4)n2)CN(CC2CCCCC2)CC3)cc1. The lowest BCUT2D eigenvalue weighted by molar-refractivity contribution is 0.122. The number of anilines is 1. The molecule has 5 rings (SSSR count). The topological polar surface area (TPSA) is 41.5 Å². The molecule has 154 valence electrons. The molecule has 0 N–H and O–H groups in total. The highest BCUT2D eigenvalue weighted by molar-refractivity contribution is 5.61. The second-order valence-corrected chi connectivity index (χ2v) is 8.75. The van der Waals surface area contributed by atoms with E-state index in [2.05, 4.69) is 34.1 Å². The summed E-state index contributed by atoms with van der Waals surface area (Å²) in [5.74, 6) is 2.89. The van der Waals surface area contributed by atoms with E-state index in [4.69, 9.17) is 14.7 Å². The molecule has 2 aliphatic heterocycles. The summed E-state index contributed by atoms with van der Waals surface area (Å²) in [6.45, 7) is 6.75. The van der Waals surface area contributed by atoms with Crippen LogP contribution >= 0.6 is 0 Å². The van der Waals surface area contributed by atoms with Crippen LogP contribution in [-0.4, -0.2) is 54.3 Å². The molecule has 2 fully saturated rings. The van der Waals surface area contributed by atoms with Crippen LogP contribution in [0.2, 0.25) is 0 Å². The van der Waals surface area contributed by atoms with Crippen molar-refractivity contribution in [2.24, 2.45) is 5.92 Å². The van der Waals surface area contributed by atoms with E-state index < -0.39 is 0 Å². The normalized spacial score (nSPS) is 21.2. The average Bonchev–Trinajstić information content (AvgIpc) is 2.80. The Morgan fingerprint density at radius 3 is 2.52 bits per heavy atom. The van der Waals surface area contributed by atoms with Crippen molar-refractivity contribution in [3.63, 3.8) is 0 Å². The molecule has 0 amide bonds. The average molecular weight is 393 g/mol. The molecule has 0 atom stereocenters. The van der Waals surface area contributed by atoms with Gasteiger partial charge in [-0.2, -0.15) is 0 Å². The van der Waals surface area contributed by atoms with Crippen molar-refractivity contribution in [3.05, 3.63) is 41.6 Å². The van der Waals surface area contributed by atoms with E-state index in [-0.39, 0.29) is 0 Å². The third kappa shape index (κ3) is 4.31. The number of benzene rings is 1. The second kappa shape index (κ2) is 8.80. The van der Waals surface area contributed by atoms with Gasteiger partial charge in [0.25, 0.3) is 0 Å². The van der Waals surface area contributed by atoms with Gasteiger partial charge in [0.1, 0.15) is 5.82 Å². The zero-order valence-corrected chi connectivity index (χ0v) is 17.4. The molecule has 5 nitrogen and oxygen atoms in total. The molecule has 29 heavy (non-hydrogen) atoms. The maximum absolute atomic E-state index is 5.61. The summed E-state index contributed by atoms with van der Waals surface area (Å²) in [6, 6.07) is 10.4. The number of fused-ring (bicyclic) bond motifs is 1. The Bertz CT molecular complexity index is 813. The van der Waals surface area contributed by atoms with Crippen LogP contribution in [0.1, 0.15) is 43.4 Å². The van der Waals surface area contributed by atoms with Crippen LogP contribution in [0.5, 0.6) is 0 Å². The lowest BCUT2D eigenvalue weighted by atomic mass is 9.88. The van der Waals surface area contributed by atoms with E-state index >= 15 is 0 Å². The van der Waals surface area contributed by atoms with Crippen molar-refractivity contribution in [1.29, 1.82) is 0 Å². The third-order valence-electron chi connectivity index (χ3n) is 6.70. The molecule has 0 radical (unpaired) electrons. The molecule has 0 bridgehead atoms. The van der Waals surface area contributed by atoms with Crippen molar-refractivity contribution in [1.82, 2.24) is 14.9 Å². The Morgan fingerprint density at radius 2 is 1.72 bits per heavy atom. The number of morpholine rings is 1. The maximum atomic E-state index is 5.61. The van der Waals surface area contributed by atoms with Crippen molar-refractivity contribution in [3.8, 4) is 11.4 Å². The fourth-order valence-corrected chi connectivity index (χ4v) is 5.10. The van der Waals surface area contributed by atoms with Crippen LogP contribution in [0.3, 0.4) is 0 Å². The summed E-state index contributed by atoms with van der Waals surface area (Å²) in [5, 5.41) is 0. The minimum Gasteiger partial charge on any atom is -0.378 e. The first-order valence-corrected chi connectivity index (χ1v) is 11.4. The first-order chi connectivity index (χ1) is 14.4. The third-order valence-corrected chi connectivity index (χ3v) is 6.70. The molecule has 1 aromatic heterocycles. The molecule has 1 aromatic carbocycles. The highest BCUT2D eigenvalue weighted by atomic mass is 16.5. The lowest BCUT2D eigenvalue weighted by Gasteiger charge is -2.36. The van der Waals surface area contributed by atoms with Gasteiger partial charge in [0, 0.05) is 50.3 Å². The van der Waals surface area contributed by atoms with Gasteiger partial charge in [-0.15, -0.1) is 0 Å². The van der Waals surface area contributed by atoms with Crippen LogP contribution in [0, 0.1) is 5.92 Å². The fraction of sp³-hybridized carbons (Fsp3) is 0.583. The largest absolute Gasteiger partial charge is 0.378 e. The van der Waals surface area contributed by atoms with Gasteiger partial charge in [0.05, 0.1) is 18.9 Å². The highest BCUT2D eigenvalue weighted by Gasteiger charge is 2.28. The summed E-state index contributed by atoms with van der Waals surface area (Å²) in [6.07, 6.45) is 8.10. The first kappa shape index (κ1) is 19.0. The van der Waals surface area contributed by atoms with Gasteiger partial charge in [-0.05, 0) is 18.8 Å². The van der Waals surface area contributed by atoms with Crippen molar-refractivity contribution in [2.75, 3.05) is 44.3 Å². The van der Waals surface area contributed by atoms with Gasteiger partial charge in [0.15, 0.2) is 5.82 Å². The van der Waals surface area contributed by atoms with Gasteiger partial charge < -0.3 is 9.64 Å². The molecule has 5 heteroatoms. The smallest absolute Gasteiger partial charge is 0.161 e. The number of ether oxygens (including phenoxy) is 1. The van der Waals surface area contributed by atoms with Gasteiger partial charge in [-0.25, -0.2) is 9.97 Å². The molecule has 1 aliphatic carbocycles. The minimum atomic E-state index is 0.783. The summed E-state index contributed by atoms with van der Waals surface area (Å²) < 4.78 is 5.61. The van der Waals surface area contributed by atoms with Gasteiger partial charge in [-0.1, -0.05) is 49.6 Å². The molecular weight excluding hydrogens is 360 g/mol. The molecule has 0 unspecified atom stereocenters. The van der Waals surface area contributed by atoms with E-state index in [9.17, 15) is 0 Å². The van der Waals surface area contributed by atoms with Gasteiger partial charge in [0.2, 0.25) is 0 Å². The van der Waals surface area contributed by atoms with Crippen LogP contribution in [0.15, 0.2) is 30.3 Å². The quantitative estimate of drug-likeness (QED) is 0.789. The molecule has 2 aromatic rings. The summed E-state index contributed by atoms with van der Waals surface area (Å²) in [4.78, 5) is 15.2. The Labute approximate surface area is 174 Å². The second-order valence-electron chi connectivity index (χ2n) is 8.75. The fourth-order valence-electron chi connectivity index (χ4n) is 5.10. The van der Waals surface area contributed by atoms with Crippen molar-refractivity contribution >= 4 is 5.82 Å². The number of rotatable bonds is 4. The van der Waals surface area contributed by atoms with Gasteiger partial charge in [-0.3, -0.25) is 4.90 Å². The van der Waals surface area contributed by atoms with Crippen LogP contribution in [0.25, 0.3) is 11.4 Å². The zero-order chi connectivity index (χ0) is 19.5. The van der Waals surface area contributed by atoms with Gasteiger partial charge >= 0.3 is 0 Å². The van der Waals surface area contributed by atoms with Crippen LogP contribution in [0.4, 0.5) is 5.82 Å². The molecular formula is C24H32N4O. The van der Waals surface area contributed by atoms with E-state index in [0.29, 0.717) is 0 Å². The minimum absolute atomic E-state index is 0.783. The highest BCUT2D eigenvalue weighted by Crippen LogP contribution is 2.32. The Morgan fingerprint density at radius 1 is 0.931 bits per heavy atom. The van der Waals surface area contributed by atoms with E-state index in [1.54, 1.807) is 0 Å². The summed E-state index contributed by atoms with van der Waals surface area (Å²) >= 11 is 0. The summed E-state index contributed by atoms with van der Waals surface area (Å²) in [5.41, 5.74) is 3.71. The number of hydrogen-bond donors (Lipinski definition) is 0. The van der Waals surface area contributed by atoms with E-state index in [1.165, 1.54) is 49.9 Å². The number of aromatic nitrogens is 2. The van der Waals surface area contributed by atoms with Crippen molar-refractivity contribution < 1.29 is 4.74 Å². The van der Waals surface area contributed by atoms with Crippen molar-refractivity contribution in [2.45, 2.75) is 45.1 Å². The molecule has 1 saturated carbocycles. The predicted octanol–water partition coefficient (Wildman–Crippen LogP) is 3.92. The van der Waals surface area contributed by atoms with E-state index in [1.807, 2.05) is 6.07 Å². The number of hydrogen-bond acceptors (Lipinski definition) is 5. The number of nitrogens with zero attached hydrogens (tertiary/aromatic N) is 4. The maximum Gasteiger partial charge on any atom is 0.161 e. The monoisotopic (exact) mass is 392 g/mol. The van der Waals surface area contributed by atoms with Crippen LogP contribution in [-0.2, 0) is 17.7 Å². The molecule has 1 saturated heterocycles. The first-order valence-electron chi connectivity index (χ1n) is 11.4. The predicted molar refractivity (Wildman–Crippen MR) is 116 cm³/mol. The van der Waals surface area contributed by atoms with E-state index in [0.717, 1.165) is 68.9 Å².